The zero-order valence-electron chi connectivity index (χ0n) is 28.3. The van der Waals surface area contributed by atoms with E-state index in [4.69, 9.17) is 14.4 Å². The number of aromatic nitrogens is 2. The van der Waals surface area contributed by atoms with E-state index in [0.717, 1.165) is 55.2 Å². The lowest BCUT2D eigenvalue weighted by Gasteiger charge is -2.29. The first-order chi connectivity index (χ1) is 25.1. The number of fused-ring (bicyclic) bond motifs is 12. The smallest absolute Gasteiger partial charge is 0.231 e. The summed E-state index contributed by atoms with van der Waals surface area (Å²) in [5.41, 5.74) is 12.0. The molecule has 2 atom stereocenters. The van der Waals surface area contributed by atoms with E-state index in [-0.39, 0.29) is 17.4 Å². The van der Waals surface area contributed by atoms with Crippen LogP contribution >= 0.6 is 0 Å². The van der Waals surface area contributed by atoms with E-state index in [1.807, 2.05) is 6.07 Å². The van der Waals surface area contributed by atoms with Crippen molar-refractivity contribution in [3.05, 3.63) is 168 Å². The number of hydrogen-bond acceptors (Lipinski definition) is 4. The van der Waals surface area contributed by atoms with Crippen molar-refractivity contribution >= 4 is 55.2 Å². The lowest BCUT2D eigenvalue weighted by Crippen LogP contribution is -2.26. The fraction of sp³-hybridized carbons (Fsp3) is 0.106. The number of anilines is 2. The Morgan fingerprint density at radius 1 is 0.569 bits per heavy atom. The highest BCUT2D eigenvalue weighted by Gasteiger charge is 2.56. The van der Waals surface area contributed by atoms with Gasteiger partial charge in [-0.25, -0.2) is 9.97 Å². The maximum absolute atomic E-state index is 6.81. The van der Waals surface area contributed by atoms with Crippen LogP contribution in [0.5, 0.6) is 0 Å². The Balaban J connectivity index is 1.27. The summed E-state index contributed by atoms with van der Waals surface area (Å²) in [5.74, 6) is 0.868. The molecule has 0 N–H and O–H groups in total. The second-order valence-corrected chi connectivity index (χ2v) is 14.5. The number of furan rings is 1. The third-order valence-electron chi connectivity index (χ3n) is 11.5. The number of nitrogens with zero attached hydrogens (tertiary/aromatic N) is 3. The summed E-state index contributed by atoms with van der Waals surface area (Å²) in [7, 11) is 0. The summed E-state index contributed by atoms with van der Waals surface area (Å²) < 4.78 is 6.81. The second-order valence-electron chi connectivity index (χ2n) is 14.5. The van der Waals surface area contributed by atoms with Gasteiger partial charge < -0.3 is 4.42 Å². The summed E-state index contributed by atoms with van der Waals surface area (Å²) in [4.78, 5) is 13.6. The van der Waals surface area contributed by atoms with Gasteiger partial charge in [-0.2, -0.15) is 0 Å². The third kappa shape index (κ3) is 3.90. The van der Waals surface area contributed by atoms with Gasteiger partial charge in [-0.15, -0.1) is 0 Å². The predicted molar refractivity (Wildman–Crippen MR) is 209 cm³/mol. The van der Waals surface area contributed by atoms with Crippen molar-refractivity contribution < 1.29 is 4.42 Å². The van der Waals surface area contributed by atoms with Crippen molar-refractivity contribution in [2.75, 3.05) is 4.90 Å². The van der Waals surface area contributed by atoms with Gasteiger partial charge in [-0.05, 0) is 50.8 Å². The SMILES string of the molecule is CC1(C)c2ccccc2C2C1c1ccc3c(oc4ccccc43)c1N2c1nc(-c2ccccc2)c2cc(-c3ccccc3)c3ccccc3c2n1. The van der Waals surface area contributed by atoms with Gasteiger partial charge in [-0.1, -0.05) is 153 Å². The van der Waals surface area contributed by atoms with Crippen molar-refractivity contribution in [3.63, 3.8) is 0 Å². The molecule has 1 aliphatic heterocycles. The minimum atomic E-state index is -0.124. The molecule has 51 heavy (non-hydrogen) atoms. The van der Waals surface area contributed by atoms with Crippen molar-refractivity contribution in [2.24, 2.45) is 0 Å². The maximum Gasteiger partial charge on any atom is 0.231 e. The van der Waals surface area contributed by atoms with Crippen LogP contribution in [0.3, 0.4) is 0 Å². The fourth-order valence-electron chi connectivity index (χ4n) is 9.31. The Labute approximate surface area is 295 Å². The molecule has 2 aliphatic rings. The summed E-state index contributed by atoms with van der Waals surface area (Å²) in [6.07, 6.45) is 0. The Hall–Kier alpha value is -6.26. The molecule has 0 radical (unpaired) electrons. The van der Waals surface area contributed by atoms with E-state index < -0.39 is 0 Å². The highest BCUT2D eigenvalue weighted by Crippen LogP contribution is 2.66. The van der Waals surface area contributed by atoms with E-state index in [2.05, 4.69) is 164 Å². The standard InChI is InChI=1S/C47H33N3O/c1-47(2)38-23-13-11-22-34(38)43-40(47)35-26-25-33-31-20-12-14-24-39(31)51-45(33)44(35)50(43)46-48-41(29-17-7-4-8-18-29)37-27-36(28-15-5-3-6-16-28)30-19-9-10-21-32(30)42(37)49-46/h3-27,40,43H,1-2H3. The number of hydrogen-bond donors (Lipinski definition) is 0. The summed E-state index contributed by atoms with van der Waals surface area (Å²) in [5, 5.41) is 5.55. The van der Waals surface area contributed by atoms with E-state index in [1.54, 1.807) is 0 Å². The molecule has 0 spiro atoms. The number of rotatable bonds is 3. The molecular weight excluding hydrogens is 623 g/mol. The van der Waals surface area contributed by atoms with Gasteiger partial charge in [0.25, 0.3) is 0 Å². The van der Waals surface area contributed by atoms with E-state index >= 15 is 0 Å². The van der Waals surface area contributed by atoms with Crippen LogP contribution in [0.15, 0.2) is 156 Å². The molecule has 2 unspecified atom stereocenters. The molecule has 3 heterocycles. The van der Waals surface area contributed by atoms with Crippen LogP contribution in [0.4, 0.5) is 11.6 Å². The normalized spacial score (nSPS) is 17.3. The second kappa shape index (κ2) is 10.4. The van der Waals surface area contributed by atoms with Crippen LogP contribution in [-0.4, -0.2) is 9.97 Å². The molecule has 0 saturated heterocycles. The summed E-state index contributed by atoms with van der Waals surface area (Å²) in [6.45, 7) is 4.78. The minimum Gasteiger partial charge on any atom is -0.454 e. The maximum atomic E-state index is 6.81. The van der Waals surface area contributed by atoms with Crippen LogP contribution in [-0.2, 0) is 5.41 Å². The zero-order chi connectivity index (χ0) is 33.8. The number of benzene rings is 7. The van der Waals surface area contributed by atoms with Gasteiger partial charge in [0.05, 0.1) is 22.9 Å². The Bertz CT molecular complexity index is 2860. The van der Waals surface area contributed by atoms with Crippen LogP contribution < -0.4 is 4.90 Å². The Morgan fingerprint density at radius 3 is 2.04 bits per heavy atom. The first-order valence-corrected chi connectivity index (χ1v) is 17.7. The topological polar surface area (TPSA) is 42.2 Å². The van der Waals surface area contributed by atoms with Crippen LogP contribution in [0, 0.1) is 0 Å². The monoisotopic (exact) mass is 655 g/mol. The van der Waals surface area contributed by atoms with E-state index in [1.165, 1.54) is 33.2 Å². The van der Waals surface area contributed by atoms with E-state index in [9.17, 15) is 0 Å². The first-order valence-electron chi connectivity index (χ1n) is 17.7. The number of para-hydroxylation sites is 1. The lowest BCUT2D eigenvalue weighted by molar-refractivity contribution is 0.419. The molecule has 0 amide bonds. The average molecular weight is 656 g/mol. The predicted octanol–water partition coefficient (Wildman–Crippen LogP) is 12.3. The van der Waals surface area contributed by atoms with Gasteiger partial charge in [0.15, 0.2) is 5.58 Å². The Kier molecular flexibility index (Phi) is 5.81. The molecule has 0 bridgehead atoms. The largest absolute Gasteiger partial charge is 0.454 e. The van der Waals surface area contributed by atoms with Crippen LogP contribution in [0.1, 0.15) is 42.5 Å². The molecule has 0 saturated carbocycles. The molecular formula is C47H33N3O. The fourth-order valence-corrected chi connectivity index (χ4v) is 9.31. The van der Waals surface area contributed by atoms with Gasteiger partial charge in [-0.3, -0.25) is 4.90 Å². The molecule has 9 aromatic rings. The van der Waals surface area contributed by atoms with Gasteiger partial charge in [0.2, 0.25) is 5.95 Å². The van der Waals surface area contributed by atoms with Gasteiger partial charge in [0.1, 0.15) is 5.58 Å². The average Bonchev–Trinajstić information content (AvgIpc) is 3.81. The van der Waals surface area contributed by atoms with Gasteiger partial charge >= 0.3 is 0 Å². The summed E-state index contributed by atoms with van der Waals surface area (Å²) >= 11 is 0. The minimum absolute atomic E-state index is 0.000872. The molecule has 7 aromatic carbocycles. The lowest BCUT2D eigenvalue weighted by atomic mass is 9.75. The summed E-state index contributed by atoms with van der Waals surface area (Å²) in [6, 6.07) is 54.1. The third-order valence-corrected chi connectivity index (χ3v) is 11.5. The Morgan fingerprint density at radius 2 is 1.24 bits per heavy atom. The molecule has 1 aliphatic carbocycles. The molecule has 2 aromatic heterocycles. The van der Waals surface area contributed by atoms with E-state index in [0.29, 0.717) is 5.95 Å². The van der Waals surface area contributed by atoms with Crippen molar-refractivity contribution in [1.29, 1.82) is 0 Å². The molecule has 4 heteroatoms. The highest BCUT2D eigenvalue weighted by molar-refractivity contribution is 6.16. The van der Waals surface area contributed by atoms with Gasteiger partial charge in [0, 0.05) is 33.0 Å². The van der Waals surface area contributed by atoms with Crippen LogP contribution in [0.2, 0.25) is 0 Å². The first kappa shape index (κ1) is 28.6. The quantitative estimate of drug-likeness (QED) is 0.178. The highest BCUT2D eigenvalue weighted by atomic mass is 16.3. The van der Waals surface area contributed by atoms with Crippen molar-refractivity contribution in [1.82, 2.24) is 9.97 Å². The van der Waals surface area contributed by atoms with Crippen LogP contribution in [0.25, 0.3) is 66.0 Å². The molecule has 11 rings (SSSR count). The molecule has 0 fully saturated rings. The molecule has 4 nitrogen and oxygen atoms in total. The zero-order valence-corrected chi connectivity index (χ0v) is 28.3. The van der Waals surface area contributed by atoms with Crippen molar-refractivity contribution in [3.8, 4) is 22.4 Å². The molecule has 242 valence electrons. The van der Waals surface area contributed by atoms with Crippen molar-refractivity contribution in [2.45, 2.75) is 31.2 Å².